The fraction of sp³-hybridized carbons (Fsp3) is 0.857. The molecule has 0 radical (unpaired) electrons. The van der Waals surface area contributed by atoms with E-state index >= 15 is 0 Å². The van der Waals surface area contributed by atoms with Crippen molar-refractivity contribution in [2.24, 2.45) is 11.8 Å². The molecule has 2 heteroatoms. The van der Waals surface area contributed by atoms with E-state index in [0.717, 1.165) is 18.3 Å². The fourth-order valence-corrected chi connectivity index (χ4v) is 3.98. The van der Waals surface area contributed by atoms with E-state index in [1.54, 1.807) is 6.08 Å². The summed E-state index contributed by atoms with van der Waals surface area (Å²) in [4.78, 5) is 11.0. The molecule has 0 N–H and O–H groups in total. The third kappa shape index (κ3) is 9.84. The van der Waals surface area contributed by atoms with Gasteiger partial charge in [0.05, 0.1) is 7.11 Å². The van der Waals surface area contributed by atoms with Crippen LogP contribution in [0.4, 0.5) is 0 Å². The van der Waals surface area contributed by atoms with Crippen LogP contribution in [0, 0.1) is 11.8 Å². The summed E-state index contributed by atoms with van der Waals surface area (Å²) in [6.07, 6.45) is 22.8. The number of hydrogen-bond donors (Lipinski definition) is 0. The molecule has 2 atom stereocenters. The van der Waals surface area contributed by atoms with Gasteiger partial charge in [-0.25, -0.2) is 4.79 Å². The minimum atomic E-state index is -0.236. The molecule has 2 nitrogen and oxygen atoms in total. The number of hydrogen-bond acceptors (Lipinski definition) is 2. The summed E-state index contributed by atoms with van der Waals surface area (Å²) in [6, 6.07) is 0. The number of methoxy groups -OCH3 is 1. The van der Waals surface area contributed by atoms with Gasteiger partial charge in [0.1, 0.15) is 0 Å². The first-order valence-corrected chi connectivity index (χ1v) is 10.0. The number of rotatable bonds is 13. The zero-order valence-electron chi connectivity index (χ0n) is 15.5. The average Bonchev–Trinajstić information content (AvgIpc) is 3.01. The Hall–Kier alpha value is -0.790. The van der Waals surface area contributed by atoms with Gasteiger partial charge in [-0.1, -0.05) is 90.0 Å². The predicted molar refractivity (Wildman–Crippen MR) is 98.4 cm³/mol. The highest BCUT2D eigenvalue weighted by Gasteiger charge is 2.25. The fourth-order valence-electron chi connectivity index (χ4n) is 3.98. The average molecular weight is 323 g/mol. The molecule has 0 aliphatic heterocycles. The second-order valence-corrected chi connectivity index (χ2v) is 7.22. The first-order chi connectivity index (χ1) is 11.3. The van der Waals surface area contributed by atoms with Crippen LogP contribution < -0.4 is 0 Å². The van der Waals surface area contributed by atoms with Crippen molar-refractivity contribution in [1.29, 1.82) is 0 Å². The lowest BCUT2D eigenvalue weighted by Gasteiger charge is -2.19. The van der Waals surface area contributed by atoms with E-state index in [1.807, 2.05) is 6.08 Å². The molecular formula is C21H38O2. The van der Waals surface area contributed by atoms with Gasteiger partial charge in [0.15, 0.2) is 0 Å². The molecule has 0 spiro atoms. The Morgan fingerprint density at radius 2 is 1.57 bits per heavy atom. The molecule has 0 unspecified atom stereocenters. The van der Waals surface area contributed by atoms with Gasteiger partial charge < -0.3 is 4.74 Å². The van der Waals surface area contributed by atoms with Gasteiger partial charge in [0.2, 0.25) is 0 Å². The number of carbonyl (C=O) groups excluding carboxylic acids is 1. The van der Waals surface area contributed by atoms with Crippen molar-refractivity contribution in [3.63, 3.8) is 0 Å². The van der Waals surface area contributed by atoms with Gasteiger partial charge in [-0.05, 0) is 24.7 Å². The predicted octanol–water partition coefficient (Wildman–Crippen LogP) is 6.44. The molecule has 0 aromatic carbocycles. The molecule has 0 heterocycles. The molecule has 0 saturated heterocycles. The van der Waals surface area contributed by atoms with Gasteiger partial charge in [-0.3, -0.25) is 0 Å². The largest absolute Gasteiger partial charge is 0.466 e. The minimum absolute atomic E-state index is 0.236. The van der Waals surface area contributed by atoms with Crippen LogP contribution >= 0.6 is 0 Å². The third-order valence-corrected chi connectivity index (χ3v) is 5.40. The highest BCUT2D eigenvalue weighted by molar-refractivity contribution is 5.81. The lowest BCUT2D eigenvalue weighted by molar-refractivity contribution is -0.134. The lowest BCUT2D eigenvalue weighted by Crippen LogP contribution is -2.08. The van der Waals surface area contributed by atoms with Crippen molar-refractivity contribution >= 4 is 5.97 Å². The highest BCUT2D eigenvalue weighted by Crippen LogP contribution is 2.38. The van der Waals surface area contributed by atoms with Crippen molar-refractivity contribution in [3.05, 3.63) is 12.2 Å². The minimum Gasteiger partial charge on any atom is -0.466 e. The van der Waals surface area contributed by atoms with Gasteiger partial charge in [-0.2, -0.15) is 0 Å². The highest BCUT2D eigenvalue weighted by atomic mass is 16.5. The third-order valence-electron chi connectivity index (χ3n) is 5.40. The molecule has 0 bridgehead atoms. The normalized spacial score (nSPS) is 21.1. The Bertz CT molecular complexity index is 322. The van der Waals surface area contributed by atoms with E-state index in [4.69, 9.17) is 0 Å². The zero-order valence-corrected chi connectivity index (χ0v) is 15.5. The van der Waals surface area contributed by atoms with Crippen LogP contribution in [-0.4, -0.2) is 13.1 Å². The van der Waals surface area contributed by atoms with E-state index in [9.17, 15) is 4.79 Å². The first kappa shape index (κ1) is 20.3. The van der Waals surface area contributed by atoms with Crippen LogP contribution in [0.1, 0.15) is 96.8 Å². The molecule has 1 rings (SSSR count). The maximum absolute atomic E-state index is 11.0. The van der Waals surface area contributed by atoms with Gasteiger partial charge in [0, 0.05) is 6.08 Å². The molecule has 1 fully saturated rings. The first-order valence-electron chi connectivity index (χ1n) is 10.0. The number of carbonyl (C=O) groups is 1. The summed E-state index contributed by atoms with van der Waals surface area (Å²) in [5.74, 6) is 1.75. The summed E-state index contributed by atoms with van der Waals surface area (Å²) >= 11 is 0. The van der Waals surface area contributed by atoms with E-state index in [2.05, 4.69) is 11.7 Å². The van der Waals surface area contributed by atoms with Crippen molar-refractivity contribution in [2.45, 2.75) is 96.8 Å². The van der Waals surface area contributed by atoms with Crippen molar-refractivity contribution in [2.75, 3.05) is 7.11 Å². The molecule has 0 amide bonds. The number of unbranched alkanes of at least 4 members (excludes halogenated alkanes) is 7. The molecule has 23 heavy (non-hydrogen) atoms. The Balaban J connectivity index is 2.04. The molecule has 1 aliphatic rings. The second-order valence-electron chi connectivity index (χ2n) is 7.22. The van der Waals surface area contributed by atoms with Crippen molar-refractivity contribution in [1.82, 2.24) is 0 Å². The maximum atomic E-state index is 11.0. The van der Waals surface area contributed by atoms with Gasteiger partial charge in [-0.15, -0.1) is 0 Å². The van der Waals surface area contributed by atoms with Crippen LogP contribution in [0.2, 0.25) is 0 Å². The van der Waals surface area contributed by atoms with Crippen molar-refractivity contribution in [3.8, 4) is 0 Å². The Morgan fingerprint density at radius 3 is 2.22 bits per heavy atom. The van der Waals surface area contributed by atoms with E-state index < -0.39 is 0 Å². The second kappa shape index (κ2) is 13.6. The van der Waals surface area contributed by atoms with E-state index in [-0.39, 0.29) is 5.97 Å². The molecule has 1 saturated carbocycles. The quantitative estimate of drug-likeness (QED) is 0.221. The monoisotopic (exact) mass is 322 g/mol. The van der Waals surface area contributed by atoms with Crippen LogP contribution in [0.25, 0.3) is 0 Å². The van der Waals surface area contributed by atoms with Crippen LogP contribution in [-0.2, 0) is 9.53 Å². The van der Waals surface area contributed by atoms with Gasteiger partial charge >= 0.3 is 5.97 Å². The topological polar surface area (TPSA) is 26.3 Å². The number of esters is 1. The molecule has 1 aliphatic carbocycles. The van der Waals surface area contributed by atoms with E-state index in [1.165, 1.54) is 90.6 Å². The standard InChI is InChI=1S/C21H38O2/c1-3-4-5-6-7-10-14-19-16-13-17-20(19)15-11-8-9-12-18-21(22)23-2/h12,18-20H,3-11,13-17H2,1-2H3/t19-,20-/m0/s1. The molecule has 134 valence electrons. The zero-order chi connectivity index (χ0) is 16.8. The van der Waals surface area contributed by atoms with Gasteiger partial charge in [0.25, 0.3) is 0 Å². The number of ether oxygens (including phenoxy) is 1. The molecule has 0 aromatic heterocycles. The lowest BCUT2D eigenvalue weighted by atomic mass is 9.87. The van der Waals surface area contributed by atoms with Crippen LogP contribution in [0.3, 0.4) is 0 Å². The smallest absolute Gasteiger partial charge is 0.330 e. The van der Waals surface area contributed by atoms with Crippen LogP contribution in [0.15, 0.2) is 12.2 Å². The Kier molecular flexibility index (Phi) is 12.0. The Morgan fingerprint density at radius 1 is 0.957 bits per heavy atom. The van der Waals surface area contributed by atoms with Crippen LogP contribution in [0.5, 0.6) is 0 Å². The number of allylic oxidation sites excluding steroid dienone is 1. The summed E-state index contributed by atoms with van der Waals surface area (Å²) in [7, 11) is 1.43. The summed E-state index contributed by atoms with van der Waals surface area (Å²) in [6.45, 7) is 2.29. The summed E-state index contributed by atoms with van der Waals surface area (Å²) in [5.41, 5.74) is 0. The molecular weight excluding hydrogens is 284 g/mol. The SMILES string of the molecule is CCCCCCCC[C@H]1CCC[C@@H]1CCCCC=CC(=O)OC. The van der Waals surface area contributed by atoms with Crippen molar-refractivity contribution < 1.29 is 9.53 Å². The Labute approximate surface area is 144 Å². The molecule has 0 aromatic rings. The summed E-state index contributed by atoms with van der Waals surface area (Å²) < 4.78 is 4.59. The maximum Gasteiger partial charge on any atom is 0.330 e. The van der Waals surface area contributed by atoms with E-state index in [0.29, 0.717) is 0 Å². The summed E-state index contributed by atoms with van der Waals surface area (Å²) in [5, 5.41) is 0.